The molecule has 0 saturated heterocycles. The molecule has 0 heterocycles. The highest BCUT2D eigenvalue weighted by atomic mass is 19.4. The molecule has 0 aromatic rings. The van der Waals surface area contributed by atoms with Crippen molar-refractivity contribution >= 4 is 0 Å². The fourth-order valence-electron chi connectivity index (χ4n) is 1.47. The van der Waals surface area contributed by atoms with Crippen molar-refractivity contribution in [1.82, 2.24) is 0 Å². The Hall–Kier alpha value is -0.760. The number of rotatable bonds is 6. The molecule has 0 radical (unpaired) electrons. The molecule has 0 saturated carbocycles. The van der Waals surface area contributed by atoms with Crippen LogP contribution in [0, 0.1) is 0 Å². The molecule has 0 amide bonds. The summed E-state index contributed by atoms with van der Waals surface area (Å²) < 4.78 is 86.8. The summed E-state index contributed by atoms with van der Waals surface area (Å²) in [7, 11) is 0. The van der Waals surface area contributed by atoms with Gasteiger partial charge in [-0.1, -0.05) is 11.6 Å². The smallest absolute Gasteiger partial charge is 0.353 e. The zero-order valence-corrected chi connectivity index (χ0v) is 11.7. The summed E-state index contributed by atoms with van der Waals surface area (Å²) in [4.78, 5) is 0. The molecule has 1 unspecified atom stereocenters. The molecule has 0 aliphatic rings. The van der Waals surface area contributed by atoms with Gasteiger partial charge in [-0.15, -0.1) is 0 Å². The highest BCUT2D eigenvalue weighted by Gasteiger charge is 2.72. The van der Waals surface area contributed by atoms with E-state index in [4.69, 9.17) is 0 Å². The molecule has 0 N–H and O–H groups in total. The average Bonchev–Trinajstić information content (AvgIpc) is 2.20. The lowest BCUT2D eigenvalue weighted by molar-refractivity contribution is -0.405. The summed E-state index contributed by atoms with van der Waals surface area (Å²) in [6, 6.07) is 0. The summed E-state index contributed by atoms with van der Waals surface area (Å²) in [6.45, 7) is 5.19. The SMILES string of the molecule is CCOC(C)OC(CC=C(C)C)(C(F)(F)F)C(F)(F)F. The van der Waals surface area contributed by atoms with Gasteiger partial charge in [-0.3, -0.25) is 0 Å². The molecule has 0 aromatic heterocycles. The zero-order chi connectivity index (χ0) is 16.2. The maximum atomic E-state index is 13.0. The van der Waals surface area contributed by atoms with Gasteiger partial charge in [-0.25, -0.2) is 0 Å². The molecule has 1 atom stereocenters. The Balaban J connectivity index is 5.63. The van der Waals surface area contributed by atoms with Crippen molar-refractivity contribution in [3.05, 3.63) is 11.6 Å². The predicted octanol–water partition coefficient (Wildman–Crippen LogP) is 4.61. The van der Waals surface area contributed by atoms with Crippen LogP contribution in [0.15, 0.2) is 11.6 Å². The van der Waals surface area contributed by atoms with E-state index in [1.807, 2.05) is 0 Å². The van der Waals surface area contributed by atoms with E-state index < -0.39 is 30.7 Å². The van der Waals surface area contributed by atoms with Crippen LogP contribution in [0.5, 0.6) is 0 Å². The maximum absolute atomic E-state index is 13.0. The molecule has 120 valence electrons. The third kappa shape index (κ3) is 4.66. The number of hydrogen-bond acceptors (Lipinski definition) is 2. The Bertz CT molecular complexity index is 314. The molecular formula is C12H18F6O2. The van der Waals surface area contributed by atoms with Gasteiger partial charge < -0.3 is 9.47 Å². The van der Waals surface area contributed by atoms with Gasteiger partial charge >= 0.3 is 12.4 Å². The maximum Gasteiger partial charge on any atom is 0.426 e. The van der Waals surface area contributed by atoms with Gasteiger partial charge in [-0.2, -0.15) is 26.3 Å². The summed E-state index contributed by atoms with van der Waals surface area (Å²) in [5, 5.41) is 0. The number of alkyl halides is 6. The van der Waals surface area contributed by atoms with Gasteiger partial charge in [0.25, 0.3) is 5.60 Å². The topological polar surface area (TPSA) is 18.5 Å². The number of ether oxygens (including phenoxy) is 2. The van der Waals surface area contributed by atoms with E-state index in [2.05, 4.69) is 9.47 Å². The van der Waals surface area contributed by atoms with Crippen LogP contribution in [0.1, 0.15) is 34.1 Å². The number of allylic oxidation sites excluding steroid dienone is 1. The van der Waals surface area contributed by atoms with E-state index in [9.17, 15) is 26.3 Å². The fraction of sp³-hybridized carbons (Fsp3) is 0.833. The van der Waals surface area contributed by atoms with Crippen LogP contribution in [0.4, 0.5) is 26.3 Å². The van der Waals surface area contributed by atoms with E-state index in [-0.39, 0.29) is 6.61 Å². The molecule has 0 aliphatic carbocycles. The first kappa shape index (κ1) is 19.2. The van der Waals surface area contributed by atoms with Gasteiger partial charge in [0.05, 0.1) is 0 Å². The van der Waals surface area contributed by atoms with Gasteiger partial charge in [0.2, 0.25) is 0 Å². The molecule has 2 nitrogen and oxygen atoms in total. The Morgan fingerprint density at radius 1 is 1.05 bits per heavy atom. The lowest BCUT2D eigenvalue weighted by Gasteiger charge is -2.38. The second-order valence-corrected chi connectivity index (χ2v) is 4.45. The van der Waals surface area contributed by atoms with Crippen LogP contribution >= 0.6 is 0 Å². The lowest BCUT2D eigenvalue weighted by atomic mass is 9.96. The Morgan fingerprint density at radius 2 is 1.50 bits per heavy atom. The average molecular weight is 308 g/mol. The van der Waals surface area contributed by atoms with Crippen LogP contribution in [-0.4, -0.2) is 30.9 Å². The van der Waals surface area contributed by atoms with E-state index in [1.165, 1.54) is 20.8 Å². The fourth-order valence-corrected chi connectivity index (χ4v) is 1.47. The second-order valence-electron chi connectivity index (χ2n) is 4.45. The minimum Gasteiger partial charge on any atom is -0.353 e. The van der Waals surface area contributed by atoms with Crippen molar-refractivity contribution in [3.8, 4) is 0 Å². The van der Waals surface area contributed by atoms with Crippen molar-refractivity contribution in [3.63, 3.8) is 0 Å². The van der Waals surface area contributed by atoms with Crippen molar-refractivity contribution < 1.29 is 35.8 Å². The van der Waals surface area contributed by atoms with Gasteiger partial charge in [-0.05, 0) is 27.7 Å². The largest absolute Gasteiger partial charge is 0.426 e. The monoisotopic (exact) mass is 308 g/mol. The summed E-state index contributed by atoms with van der Waals surface area (Å²) in [6.07, 6.45) is -13.3. The van der Waals surface area contributed by atoms with Crippen molar-refractivity contribution in [1.29, 1.82) is 0 Å². The Labute approximate surface area is 113 Å². The van der Waals surface area contributed by atoms with Crippen molar-refractivity contribution in [2.75, 3.05) is 6.61 Å². The molecule has 0 aliphatic heterocycles. The van der Waals surface area contributed by atoms with E-state index >= 15 is 0 Å². The standard InChI is InChI=1S/C12H18F6O2/c1-5-19-9(4)20-10(11(13,14)15,12(16,17)18)7-6-8(2)3/h6,9H,5,7H2,1-4H3. The van der Waals surface area contributed by atoms with Crippen LogP contribution in [-0.2, 0) is 9.47 Å². The van der Waals surface area contributed by atoms with Crippen LogP contribution in [0.3, 0.4) is 0 Å². The molecule has 0 rings (SSSR count). The third-order valence-corrected chi connectivity index (χ3v) is 2.48. The van der Waals surface area contributed by atoms with Crippen molar-refractivity contribution in [2.24, 2.45) is 0 Å². The first-order chi connectivity index (χ1) is 8.87. The summed E-state index contributed by atoms with van der Waals surface area (Å²) >= 11 is 0. The van der Waals surface area contributed by atoms with Crippen LogP contribution in [0.2, 0.25) is 0 Å². The van der Waals surface area contributed by atoms with Gasteiger partial charge in [0.1, 0.15) is 0 Å². The minimum atomic E-state index is -5.61. The van der Waals surface area contributed by atoms with E-state index in [0.29, 0.717) is 5.57 Å². The third-order valence-electron chi connectivity index (χ3n) is 2.48. The lowest BCUT2D eigenvalue weighted by Crippen LogP contribution is -2.60. The molecule has 0 aromatic carbocycles. The molecule has 0 bridgehead atoms. The first-order valence-electron chi connectivity index (χ1n) is 5.93. The summed E-state index contributed by atoms with van der Waals surface area (Å²) in [5.74, 6) is 0. The normalized spacial score (nSPS) is 15.1. The molecule has 20 heavy (non-hydrogen) atoms. The van der Waals surface area contributed by atoms with Crippen molar-refractivity contribution in [2.45, 2.75) is 58.4 Å². The predicted molar refractivity (Wildman–Crippen MR) is 61.1 cm³/mol. The van der Waals surface area contributed by atoms with Gasteiger partial charge in [0.15, 0.2) is 6.29 Å². The highest BCUT2D eigenvalue weighted by molar-refractivity contribution is 5.05. The number of halogens is 6. The molecule has 8 heteroatoms. The summed E-state index contributed by atoms with van der Waals surface area (Å²) in [5.41, 5.74) is -3.94. The van der Waals surface area contributed by atoms with Gasteiger partial charge in [0, 0.05) is 13.0 Å². The number of hydrogen-bond donors (Lipinski definition) is 0. The van der Waals surface area contributed by atoms with Crippen LogP contribution < -0.4 is 0 Å². The van der Waals surface area contributed by atoms with E-state index in [0.717, 1.165) is 13.0 Å². The minimum absolute atomic E-state index is 0.0599. The first-order valence-corrected chi connectivity index (χ1v) is 5.93. The molecular weight excluding hydrogens is 290 g/mol. The van der Waals surface area contributed by atoms with E-state index in [1.54, 1.807) is 0 Å². The van der Waals surface area contributed by atoms with Crippen LogP contribution in [0.25, 0.3) is 0 Å². The zero-order valence-electron chi connectivity index (χ0n) is 11.7. The Kier molecular flexibility index (Phi) is 6.54. The molecule has 0 fully saturated rings. The second kappa shape index (κ2) is 6.80. The quantitative estimate of drug-likeness (QED) is 0.405. The highest BCUT2D eigenvalue weighted by Crippen LogP contribution is 2.49. The Morgan fingerprint density at radius 3 is 1.80 bits per heavy atom. The molecule has 0 spiro atoms.